The largest absolute Gasteiger partial charge is 0.428 e. The van der Waals surface area contributed by atoms with E-state index in [1.54, 1.807) is 0 Å². The van der Waals surface area contributed by atoms with E-state index >= 15 is 0 Å². The minimum Gasteiger partial charge on any atom is -0.428 e. The Kier molecular flexibility index (Phi) is 1.43. The zero-order valence-electron chi connectivity index (χ0n) is 6.51. The van der Waals surface area contributed by atoms with Crippen molar-refractivity contribution in [1.82, 2.24) is 4.98 Å². The van der Waals surface area contributed by atoms with Crippen LogP contribution in [0.15, 0.2) is 10.8 Å². The molecule has 0 unspecified atom stereocenters. The average Bonchev–Trinajstić information content (AvgIpc) is 2.11. The van der Waals surface area contributed by atoms with Crippen molar-refractivity contribution in [2.24, 2.45) is 0 Å². The molecule has 1 heterocycles. The highest BCUT2D eigenvalue weighted by Crippen LogP contribution is 2.25. The molecule has 56 valence electrons. The fraction of sp³-hybridized carbons (Fsp3) is 0.571. The zero-order valence-corrected chi connectivity index (χ0v) is 6.51. The number of hydrogen-bond donors (Lipinski definition) is 1. The van der Waals surface area contributed by atoms with Crippen LogP contribution in [0.4, 0.5) is 5.88 Å². The van der Waals surface area contributed by atoms with E-state index in [4.69, 9.17) is 10.2 Å². The highest BCUT2D eigenvalue weighted by molar-refractivity contribution is 5.34. The summed E-state index contributed by atoms with van der Waals surface area (Å²) in [7, 11) is 0. The lowest BCUT2D eigenvalue weighted by atomic mass is 9.92. The Labute approximate surface area is 60.2 Å². The van der Waals surface area contributed by atoms with Gasteiger partial charge in [-0.25, -0.2) is 4.98 Å². The first-order chi connectivity index (χ1) is 4.52. The number of rotatable bonds is 0. The number of nitrogens with two attached hydrogens (primary N) is 1. The van der Waals surface area contributed by atoms with Crippen molar-refractivity contribution in [3.8, 4) is 0 Å². The lowest BCUT2D eigenvalue weighted by Gasteiger charge is -2.14. The molecule has 0 saturated heterocycles. The van der Waals surface area contributed by atoms with Gasteiger partial charge in [0.1, 0.15) is 5.69 Å². The van der Waals surface area contributed by atoms with Crippen LogP contribution in [0.5, 0.6) is 0 Å². The van der Waals surface area contributed by atoms with Crippen LogP contribution in [-0.4, -0.2) is 4.98 Å². The molecule has 0 radical (unpaired) electrons. The van der Waals surface area contributed by atoms with Crippen molar-refractivity contribution in [2.45, 2.75) is 26.2 Å². The molecule has 0 fully saturated rings. The SMILES string of the molecule is CC(C)(C)c1ncoc1N. The molecule has 1 rings (SSSR count). The molecule has 1 aromatic rings. The topological polar surface area (TPSA) is 52.0 Å². The summed E-state index contributed by atoms with van der Waals surface area (Å²) in [6.45, 7) is 6.13. The lowest BCUT2D eigenvalue weighted by molar-refractivity contribution is 0.555. The van der Waals surface area contributed by atoms with Crippen LogP contribution >= 0.6 is 0 Å². The van der Waals surface area contributed by atoms with Gasteiger partial charge >= 0.3 is 0 Å². The third-order valence-electron chi connectivity index (χ3n) is 1.31. The monoisotopic (exact) mass is 140 g/mol. The number of hydrogen-bond acceptors (Lipinski definition) is 3. The van der Waals surface area contributed by atoms with Gasteiger partial charge in [-0.2, -0.15) is 0 Å². The summed E-state index contributed by atoms with van der Waals surface area (Å²) >= 11 is 0. The van der Waals surface area contributed by atoms with Gasteiger partial charge in [0.2, 0.25) is 5.88 Å². The summed E-state index contributed by atoms with van der Waals surface area (Å²) in [5.41, 5.74) is 6.31. The Morgan fingerprint density at radius 1 is 1.50 bits per heavy atom. The molecule has 0 amide bonds. The Morgan fingerprint density at radius 2 is 2.10 bits per heavy atom. The molecule has 0 aliphatic carbocycles. The summed E-state index contributed by atoms with van der Waals surface area (Å²) in [4.78, 5) is 4.00. The number of oxazole rings is 1. The van der Waals surface area contributed by atoms with Gasteiger partial charge < -0.3 is 10.2 Å². The molecule has 0 atom stereocenters. The fourth-order valence-corrected chi connectivity index (χ4v) is 0.819. The van der Waals surface area contributed by atoms with Crippen molar-refractivity contribution in [2.75, 3.05) is 5.73 Å². The summed E-state index contributed by atoms with van der Waals surface area (Å²) in [6.07, 6.45) is 1.37. The average molecular weight is 140 g/mol. The fourth-order valence-electron chi connectivity index (χ4n) is 0.819. The first-order valence-corrected chi connectivity index (χ1v) is 3.21. The van der Waals surface area contributed by atoms with Gasteiger partial charge in [-0.1, -0.05) is 20.8 Å². The maximum Gasteiger partial charge on any atom is 0.214 e. The van der Waals surface area contributed by atoms with E-state index in [0.717, 1.165) is 5.69 Å². The van der Waals surface area contributed by atoms with Gasteiger partial charge in [-0.3, -0.25) is 0 Å². The first kappa shape index (κ1) is 7.12. The van der Waals surface area contributed by atoms with Gasteiger partial charge in [0, 0.05) is 5.41 Å². The predicted molar refractivity (Wildman–Crippen MR) is 39.6 cm³/mol. The van der Waals surface area contributed by atoms with Gasteiger partial charge in [-0.15, -0.1) is 0 Å². The van der Waals surface area contributed by atoms with Crippen molar-refractivity contribution in [3.05, 3.63) is 12.1 Å². The van der Waals surface area contributed by atoms with Crippen LogP contribution in [0.1, 0.15) is 26.5 Å². The summed E-state index contributed by atoms with van der Waals surface area (Å²) < 4.78 is 4.86. The zero-order chi connectivity index (χ0) is 7.78. The smallest absolute Gasteiger partial charge is 0.214 e. The van der Waals surface area contributed by atoms with E-state index < -0.39 is 0 Å². The normalized spacial score (nSPS) is 11.9. The minimum atomic E-state index is -0.0168. The Morgan fingerprint density at radius 3 is 2.30 bits per heavy atom. The standard InChI is InChI=1S/C7H12N2O/c1-7(2,3)5-6(8)10-4-9-5/h4H,8H2,1-3H3. The van der Waals surface area contributed by atoms with E-state index in [-0.39, 0.29) is 5.41 Å². The third-order valence-corrected chi connectivity index (χ3v) is 1.31. The number of nitrogens with zero attached hydrogens (tertiary/aromatic N) is 1. The van der Waals surface area contributed by atoms with Gasteiger partial charge in [0.15, 0.2) is 6.39 Å². The first-order valence-electron chi connectivity index (χ1n) is 3.21. The highest BCUT2D eigenvalue weighted by Gasteiger charge is 2.20. The van der Waals surface area contributed by atoms with Crippen LogP contribution < -0.4 is 5.73 Å². The number of nitrogen functional groups attached to an aromatic ring is 1. The molecular weight excluding hydrogens is 128 g/mol. The Balaban J connectivity index is 3.05. The number of aromatic nitrogens is 1. The van der Waals surface area contributed by atoms with E-state index in [1.165, 1.54) is 6.39 Å². The van der Waals surface area contributed by atoms with Crippen LogP contribution in [0.2, 0.25) is 0 Å². The molecule has 0 aromatic carbocycles. The van der Waals surface area contributed by atoms with Crippen molar-refractivity contribution in [1.29, 1.82) is 0 Å². The molecular formula is C7H12N2O. The van der Waals surface area contributed by atoms with E-state index in [1.807, 2.05) is 20.8 Å². The second-order valence-electron chi connectivity index (χ2n) is 3.32. The van der Waals surface area contributed by atoms with E-state index in [9.17, 15) is 0 Å². The maximum absolute atomic E-state index is 5.50. The molecule has 0 bridgehead atoms. The van der Waals surface area contributed by atoms with Crippen LogP contribution in [-0.2, 0) is 5.41 Å². The highest BCUT2D eigenvalue weighted by atomic mass is 16.3. The molecule has 0 aliphatic rings. The second-order valence-corrected chi connectivity index (χ2v) is 3.32. The molecule has 0 aliphatic heterocycles. The summed E-state index contributed by atoms with van der Waals surface area (Å²) in [6, 6.07) is 0. The van der Waals surface area contributed by atoms with Gasteiger partial charge in [0.05, 0.1) is 0 Å². The molecule has 0 spiro atoms. The predicted octanol–water partition coefficient (Wildman–Crippen LogP) is 1.55. The van der Waals surface area contributed by atoms with E-state index in [0.29, 0.717) is 5.88 Å². The third kappa shape index (κ3) is 1.12. The molecule has 10 heavy (non-hydrogen) atoms. The number of anilines is 1. The molecule has 3 nitrogen and oxygen atoms in total. The lowest BCUT2D eigenvalue weighted by Crippen LogP contribution is -2.13. The summed E-state index contributed by atoms with van der Waals surface area (Å²) in [5, 5.41) is 0. The van der Waals surface area contributed by atoms with Crippen LogP contribution in [0.3, 0.4) is 0 Å². The molecule has 2 N–H and O–H groups in total. The van der Waals surface area contributed by atoms with Crippen molar-refractivity contribution in [3.63, 3.8) is 0 Å². The summed E-state index contributed by atoms with van der Waals surface area (Å²) in [5.74, 6) is 0.424. The molecule has 3 heteroatoms. The van der Waals surface area contributed by atoms with Gasteiger partial charge in [-0.05, 0) is 0 Å². The Hall–Kier alpha value is -0.990. The Bertz CT molecular complexity index is 222. The van der Waals surface area contributed by atoms with Crippen LogP contribution in [0, 0.1) is 0 Å². The minimum absolute atomic E-state index is 0.0168. The van der Waals surface area contributed by atoms with Crippen molar-refractivity contribution >= 4 is 5.88 Å². The second kappa shape index (κ2) is 2.01. The van der Waals surface area contributed by atoms with Crippen molar-refractivity contribution < 1.29 is 4.42 Å². The quantitative estimate of drug-likeness (QED) is 0.594. The van der Waals surface area contributed by atoms with Gasteiger partial charge in [0.25, 0.3) is 0 Å². The molecule has 0 saturated carbocycles. The molecule has 1 aromatic heterocycles. The maximum atomic E-state index is 5.50. The van der Waals surface area contributed by atoms with E-state index in [2.05, 4.69) is 4.98 Å². The van der Waals surface area contributed by atoms with Crippen LogP contribution in [0.25, 0.3) is 0 Å².